The molecule has 1 rings (SSSR count). The maximum atomic E-state index is 8.90. The average molecular weight is 227 g/mol. The van der Waals surface area contributed by atoms with E-state index < -0.39 is 0 Å². The van der Waals surface area contributed by atoms with Crippen LogP contribution in [0.25, 0.3) is 0 Å². The first-order valence-electron chi connectivity index (χ1n) is 7.00. The highest BCUT2D eigenvalue weighted by Crippen LogP contribution is 2.28. The molecule has 3 unspecified atom stereocenters. The lowest BCUT2D eigenvalue weighted by Crippen LogP contribution is -2.36. The number of hydrogen-bond acceptors (Lipinski definition) is 2. The lowest BCUT2D eigenvalue weighted by Gasteiger charge is -2.22. The minimum Gasteiger partial charge on any atom is -0.396 e. The zero-order valence-corrected chi connectivity index (χ0v) is 11.2. The van der Waals surface area contributed by atoms with Crippen molar-refractivity contribution in [3.8, 4) is 0 Å². The van der Waals surface area contributed by atoms with Gasteiger partial charge in [0.15, 0.2) is 0 Å². The Labute approximate surface area is 101 Å². The number of rotatable bonds is 5. The first-order chi connectivity index (χ1) is 7.63. The van der Waals surface area contributed by atoms with E-state index in [2.05, 4.69) is 26.1 Å². The van der Waals surface area contributed by atoms with Crippen molar-refractivity contribution in [1.82, 2.24) is 5.32 Å². The summed E-state index contributed by atoms with van der Waals surface area (Å²) in [5, 5.41) is 12.6. The van der Waals surface area contributed by atoms with Gasteiger partial charge in [-0.1, -0.05) is 26.7 Å². The molecule has 0 heterocycles. The van der Waals surface area contributed by atoms with Crippen molar-refractivity contribution in [1.29, 1.82) is 0 Å². The van der Waals surface area contributed by atoms with Crippen LogP contribution in [0.2, 0.25) is 0 Å². The lowest BCUT2D eigenvalue weighted by atomic mass is 9.89. The van der Waals surface area contributed by atoms with Crippen LogP contribution < -0.4 is 5.32 Å². The van der Waals surface area contributed by atoms with Gasteiger partial charge in [-0.05, 0) is 44.4 Å². The fourth-order valence-electron chi connectivity index (χ4n) is 2.84. The van der Waals surface area contributed by atoms with Gasteiger partial charge in [0.2, 0.25) is 0 Å². The van der Waals surface area contributed by atoms with E-state index in [0.29, 0.717) is 18.7 Å². The summed E-state index contributed by atoms with van der Waals surface area (Å²) in [4.78, 5) is 0. The van der Waals surface area contributed by atoms with E-state index >= 15 is 0 Å². The van der Waals surface area contributed by atoms with Crippen LogP contribution in [0.1, 0.15) is 59.3 Å². The summed E-state index contributed by atoms with van der Waals surface area (Å²) in [6.45, 7) is 7.19. The zero-order valence-electron chi connectivity index (χ0n) is 11.2. The van der Waals surface area contributed by atoms with Gasteiger partial charge in [-0.2, -0.15) is 0 Å². The summed E-state index contributed by atoms with van der Waals surface area (Å²) < 4.78 is 0. The molecule has 0 aromatic rings. The fourth-order valence-corrected chi connectivity index (χ4v) is 2.84. The molecule has 0 aliphatic heterocycles. The Hall–Kier alpha value is -0.0800. The van der Waals surface area contributed by atoms with Gasteiger partial charge < -0.3 is 10.4 Å². The Bertz CT molecular complexity index is 182. The van der Waals surface area contributed by atoms with E-state index in [0.717, 1.165) is 18.3 Å². The number of aliphatic hydroxyl groups excluding tert-OH is 1. The lowest BCUT2D eigenvalue weighted by molar-refractivity contribution is 0.259. The Morgan fingerprint density at radius 3 is 2.50 bits per heavy atom. The highest BCUT2D eigenvalue weighted by atomic mass is 16.3. The van der Waals surface area contributed by atoms with Crippen molar-refractivity contribution < 1.29 is 5.11 Å². The molecule has 0 bridgehead atoms. The SMILES string of the molecule is CC(CCO)NC1CCCC(C(C)C)CC1. The third kappa shape index (κ3) is 4.84. The van der Waals surface area contributed by atoms with E-state index in [1.54, 1.807) is 0 Å². The minimum atomic E-state index is 0.301. The molecule has 2 nitrogen and oxygen atoms in total. The first kappa shape index (κ1) is 14.0. The van der Waals surface area contributed by atoms with Gasteiger partial charge in [-0.3, -0.25) is 0 Å². The molecule has 2 N–H and O–H groups in total. The van der Waals surface area contributed by atoms with Crippen molar-refractivity contribution >= 4 is 0 Å². The molecule has 0 amide bonds. The zero-order chi connectivity index (χ0) is 12.0. The molecule has 0 aromatic carbocycles. The quantitative estimate of drug-likeness (QED) is 0.708. The van der Waals surface area contributed by atoms with Crippen molar-refractivity contribution in [3.63, 3.8) is 0 Å². The van der Waals surface area contributed by atoms with Gasteiger partial charge in [0, 0.05) is 18.7 Å². The Morgan fingerprint density at radius 1 is 1.12 bits per heavy atom. The molecule has 16 heavy (non-hydrogen) atoms. The van der Waals surface area contributed by atoms with E-state index in [4.69, 9.17) is 5.11 Å². The predicted octanol–water partition coefficient (Wildman–Crippen LogP) is 2.95. The molecule has 1 saturated carbocycles. The number of hydrogen-bond donors (Lipinski definition) is 2. The molecule has 0 saturated heterocycles. The van der Waals surface area contributed by atoms with Crippen LogP contribution in [0.15, 0.2) is 0 Å². The van der Waals surface area contributed by atoms with Gasteiger partial charge in [0.25, 0.3) is 0 Å². The molecule has 96 valence electrons. The van der Waals surface area contributed by atoms with Crippen LogP contribution in [-0.2, 0) is 0 Å². The monoisotopic (exact) mass is 227 g/mol. The topological polar surface area (TPSA) is 32.3 Å². The minimum absolute atomic E-state index is 0.301. The molecule has 0 radical (unpaired) electrons. The van der Waals surface area contributed by atoms with E-state index in [-0.39, 0.29) is 0 Å². The van der Waals surface area contributed by atoms with Crippen LogP contribution in [0.4, 0.5) is 0 Å². The fraction of sp³-hybridized carbons (Fsp3) is 1.00. The molecule has 0 aromatic heterocycles. The van der Waals surface area contributed by atoms with Crippen molar-refractivity contribution in [2.45, 2.75) is 71.4 Å². The summed E-state index contributed by atoms with van der Waals surface area (Å²) in [5.41, 5.74) is 0. The summed E-state index contributed by atoms with van der Waals surface area (Å²) in [5.74, 6) is 1.77. The Kier molecular flexibility index (Phi) is 6.37. The predicted molar refractivity (Wildman–Crippen MR) is 69.5 cm³/mol. The van der Waals surface area contributed by atoms with Crippen LogP contribution in [0.5, 0.6) is 0 Å². The third-order valence-electron chi connectivity index (χ3n) is 4.04. The van der Waals surface area contributed by atoms with Crippen molar-refractivity contribution in [2.24, 2.45) is 11.8 Å². The molecular weight excluding hydrogens is 198 g/mol. The summed E-state index contributed by atoms with van der Waals surface area (Å²) in [7, 11) is 0. The van der Waals surface area contributed by atoms with Crippen molar-refractivity contribution in [2.75, 3.05) is 6.61 Å². The van der Waals surface area contributed by atoms with E-state index in [1.807, 2.05) is 0 Å². The van der Waals surface area contributed by atoms with Crippen LogP contribution >= 0.6 is 0 Å². The first-order valence-corrected chi connectivity index (χ1v) is 7.00. The number of nitrogens with one attached hydrogen (secondary N) is 1. The second-order valence-corrected chi connectivity index (χ2v) is 5.79. The Morgan fingerprint density at radius 2 is 1.88 bits per heavy atom. The molecule has 1 fully saturated rings. The maximum absolute atomic E-state index is 8.90. The second kappa shape index (κ2) is 7.29. The van der Waals surface area contributed by atoms with Crippen LogP contribution in [0.3, 0.4) is 0 Å². The van der Waals surface area contributed by atoms with Gasteiger partial charge in [0.05, 0.1) is 0 Å². The standard InChI is InChI=1S/C14H29NO/c1-11(2)13-5-4-6-14(8-7-13)15-12(3)9-10-16/h11-16H,4-10H2,1-3H3. The van der Waals surface area contributed by atoms with E-state index in [9.17, 15) is 0 Å². The molecule has 0 spiro atoms. The molecule has 1 aliphatic rings. The maximum Gasteiger partial charge on any atom is 0.0445 e. The average Bonchev–Trinajstić information content (AvgIpc) is 2.43. The Balaban J connectivity index is 2.29. The summed E-state index contributed by atoms with van der Waals surface area (Å²) in [6.07, 6.45) is 7.67. The van der Waals surface area contributed by atoms with Crippen LogP contribution in [-0.4, -0.2) is 23.8 Å². The third-order valence-corrected chi connectivity index (χ3v) is 4.04. The molecule has 3 atom stereocenters. The van der Waals surface area contributed by atoms with Gasteiger partial charge in [0.1, 0.15) is 0 Å². The van der Waals surface area contributed by atoms with Gasteiger partial charge in [-0.15, -0.1) is 0 Å². The summed E-state index contributed by atoms with van der Waals surface area (Å²) in [6, 6.07) is 1.15. The van der Waals surface area contributed by atoms with Crippen LogP contribution in [0, 0.1) is 11.8 Å². The molecule has 1 aliphatic carbocycles. The summed E-state index contributed by atoms with van der Waals surface area (Å²) >= 11 is 0. The van der Waals surface area contributed by atoms with Gasteiger partial charge >= 0.3 is 0 Å². The highest BCUT2D eigenvalue weighted by molar-refractivity contribution is 4.78. The van der Waals surface area contributed by atoms with Gasteiger partial charge in [-0.25, -0.2) is 0 Å². The largest absolute Gasteiger partial charge is 0.396 e. The second-order valence-electron chi connectivity index (χ2n) is 5.79. The highest BCUT2D eigenvalue weighted by Gasteiger charge is 2.21. The molecular formula is C14H29NO. The number of aliphatic hydroxyl groups is 1. The van der Waals surface area contributed by atoms with Crippen molar-refractivity contribution in [3.05, 3.63) is 0 Å². The smallest absolute Gasteiger partial charge is 0.0445 e. The van der Waals surface area contributed by atoms with E-state index in [1.165, 1.54) is 32.1 Å². The molecule has 2 heteroatoms. The normalized spacial score (nSPS) is 29.1.